The topological polar surface area (TPSA) is 72.4 Å². The summed E-state index contributed by atoms with van der Waals surface area (Å²) in [5, 5.41) is 6.36. The Hall–Kier alpha value is -2.87. The van der Waals surface area contributed by atoms with Crippen LogP contribution in [0.25, 0.3) is 10.6 Å². The molecule has 3 aromatic rings. The molecule has 1 aromatic carbocycles. The van der Waals surface area contributed by atoms with Gasteiger partial charge >= 0.3 is 0 Å². The van der Waals surface area contributed by atoms with Crippen molar-refractivity contribution in [3.63, 3.8) is 0 Å². The van der Waals surface area contributed by atoms with Crippen LogP contribution in [-0.2, 0) is 6.42 Å². The van der Waals surface area contributed by atoms with E-state index in [1.54, 1.807) is 31.9 Å². The number of nitrogens with one attached hydrogen (secondary N) is 1. The summed E-state index contributed by atoms with van der Waals surface area (Å²) >= 11 is 1.62. The predicted molar refractivity (Wildman–Crippen MR) is 109 cm³/mol. The molecule has 3 rings (SSSR count). The van der Waals surface area contributed by atoms with Gasteiger partial charge in [0.15, 0.2) is 11.5 Å². The van der Waals surface area contributed by atoms with Crippen molar-refractivity contribution < 1.29 is 9.47 Å². The molecule has 0 aliphatic carbocycles. The van der Waals surface area contributed by atoms with Gasteiger partial charge in [0.25, 0.3) is 0 Å². The van der Waals surface area contributed by atoms with Crippen molar-refractivity contribution in [1.82, 2.24) is 15.0 Å². The molecule has 0 saturated heterocycles. The molecule has 2 aromatic heterocycles. The zero-order chi connectivity index (χ0) is 19.2. The van der Waals surface area contributed by atoms with E-state index in [4.69, 9.17) is 14.5 Å². The second kappa shape index (κ2) is 8.68. The Morgan fingerprint density at radius 1 is 1.07 bits per heavy atom. The van der Waals surface area contributed by atoms with Gasteiger partial charge in [-0.15, -0.1) is 11.3 Å². The average molecular weight is 385 g/mol. The van der Waals surface area contributed by atoms with E-state index in [2.05, 4.69) is 20.7 Å². The highest BCUT2D eigenvalue weighted by molar-refractivity contribution is 7.13. The Balaban J connectivity index is 1.62. The molecule has 7 nitrogen and oxygen atoms in total. The lowest BCUT2D eigenvalue weighted by atomic mass is 10.2. The maximum absolute atomic E-state index is 5.37. The molecule has 0 bridgehead atoms. The highest BCUT2D eigenvalue weighted by Crippen LogP contribution is 2.33. The Bertz CT molecular complexity index is 897. The Kier molecular flexibility index (Phi) is 6.08. The van der Waals surface area contributed by atoms with Gasteiger partial charge in [-0.2, -0.15) is 0 Å². The zero-order valence-electron chi connectivity index (χ0n) is 15.9. The number of hydrogen-bond donors (Lipinski definition) is 1. The van der Waals surface area contributed by atoms with Crippen LogP contribution in [0.2, 0.25) is 0 Å². The third kappa shape index (κ3) is 4.65. The van der Waals surface area contributed by atoms with Crippen LogP contribution in [0.5, 0.6) is 11.5 Å². The summed E-state index contributed by atoms with van der Waals surface area (Å²) < 4.78 is 10.7. The highest BCUT2D eigenvalue weighted by Gasteiger charge is 2.10. The van der Waals surface area contributed by atoms with Gasteiger partial charge in [-0.25, -0.2) is 15.0 Å². The van der Waals surface area contributed by atoms with E-state index < -0.39 is 0 Å². The van der Waals surface area contributed by atoms with Crippen LogP contribution in [-0.4, -0.2) is 49.8 Å². The van der Waals surface area contributed by atoms with Gasteiger partial charge in [0.05, 0.1) is 19.9 Å². The summed E-state index contributed by atoms with van der Waals surface area (Å²) in [6.07, 6.45) is 2.38. The predicted octanol–water partition coefficient (Wildman–Crippen LogP) is 3.34. The maximum atomic E-state index is 5.37. The van der Waals surface area contributed by atoms with Crippen LogP contribution in [0.1, 0.15) is 5.69 Å². The molecule has 8 heteroatoms. The molecule has 0 amide bonds. The normalized spacial score (nSPS) is 10.5. The van der Waals surface area contributed by atoms with Crippen molar-refractivity contribution in [2.75, 3.05) is 45.1 Å². The van der Waals surface area contributed by atoms with Crippen LogP contribution in [0.3, 0.4) is 0 Å². The maximum Gasteiger partial charge on any atom is 0.161 e. The number of hydrogen-bond acceptors (Lipinski definition) is 8. The van der Waals surface area contributed by atoms with Crippen molar-refractivity contribution in [1.29, 1.82) is 0 Å². The van der Waals surface area contributed by atoms with E-state index in [-0.39, 0.29) is 0 Å². The first-order valence-electron chi connectivity index (χ1n) is 8.50. The monoisotopic (exact) mass is 385 g/mol. The smallest absolute Gasteiger partial charge is 0.161 e. The molecule has 0 fully saturated rings. The molecule has 0 spiro atoms. The number of rotatable bonds is 8. The SMILES string of the molecule is COc1ccc(-c2nc(CCNc3cc(N(C)C)ncn3)cs2)cc1OC. The second-order valence-electron chi connectivity index (χ2n) is 6.05. The number of benzene rings is 1. The van der Waals surface area contributed by atoms with E-state index in [0.717, 1.165) is 40.9 Å². The fraction of sp³-hybridized carbons (Fsp3) is 0.316. The molecule has 2 heterocycles. The Labute approximate surface area is 163 Å². The molecule has 0 unspecified atom stereocenters. The highest BCUT2D eigenvalue weighted by atomic mass is 32.1. The van der Waals surface area contributed by atoms with Crippen molar-refractivity contribution in [2.45, 2.75) is 6.42 Å². The number of thiazole rings is 1. The number of ether oxygens (including phenoxy) is 2. The summed E-state index contributed by atoms with van der Waals surface area (Å²) in [5.41, 5.74) is 2.06. The standard InChI is InChI=1S/C19H23N5O2S/c1-24(2)18-10-17(21-12-22-18)20-8-7-14-11-27-19(23-14)13-5-6-15(25-3)16(9-13)26-4/h5-6,9-12H,7-8H2,1-4H3,(H,20,21,22). The van der Waals surface area contributed by atoms with Gasteiger partial charge in [-0.05, 0) is 18.2 Å². The number of methoxy groups -OCH3 is 2. The minimum absolute atomic E-state index is 0.703. The van der Waals surface area contributed by atoms with Crippen molar-refractivity contribution in [3.8, 4) is 22.1 Å². The van der Waals surface area contributed by atoms with Crippen LogP contribution >= 0.6 is 11.3 Å². The molecule has 0 radical (unpaired) electrons. The van der Waals surface area contributed by atoms with Gasteiger partial charge in [0.1, 0.15) is 23.0 Å². The van der Waals surface area contributed by atoms with Gasteiger partial charge in [0, 0.05) is 44.1 Å². The molecule has 0 aliphatic heterocycles. The van der Waals surface area contributed by atoms with Gasteiger partial charge in [-0.1, -0.05) is 0 Å². The number of nitrogens with zero attached hydrogens (tertiary/aromatic N) is 4. The summed E-state index contributed by atoms with van der Waals surface area (Å²) in [4.78, 5) is 15.1. The molecular weight excluding hydrogens is 362 g/mol. The van der Waals surface area contributed by atoms with Gasteiger partial charge < -0.3 is 19.7 Å². The van der Waals surface area contributed by atoms with E-state index >= 15 is 0 Å². The zero-order valence-corrected chi connectivity index (χ0v) is 16.7. The lowest BCUT2D eigenvalue weighted by Gasteiger charge is -2.12. The third-order valence-electron chi connectivity index (χ3n) is 3.98. The van der Waals surface area contributed by atoms with E-state index in [1.165, 1.54) is 0 Å². The van der Waals surface area contributed by atoms with Crippen molar-refractivity contribution in [2.24, 2.45) is 0 Å². The fourth-order valence-corrected chi connectivity index (χ4v) is 3.38. The molecule has 1 N–H and O–H groups in total. The summed E-state index contributed by atoms with van der Waals surface area (Å²) in [5.74, 6) is 3.10. The minimum Gasteiger partial charge on any atom is -0.493 e. The first kappa shape index (κ1) is 18.9. The minimum atomic E-state index is 0.703. The van der Waals surface area contributed by atoms with Crippen molar-refractivity contribution >= 4 is 23.0 Å². The van der Waals surface area contributed by atoms with Gasteiger partial charge in [0.2, 0.25) is 0 Å². The lowest BCUT2D eigenvalue weighted by Crippen LogP contribution is -2.12. The molecule has 142 valence electrons. The van der Waals surface area contributed by atoms with Crippen molar-refractivity contribution in [3.05, 3.63) is 41.7 Å². The number of aromatic nitrogens is 3. The third-order valence-corrected chi connectivity index (χ3v) is 4.92. The Morgan fingerprint density at radius 3 is 2.63 bits per heavy atom. The first-order chi connectivity index (χ1) is 13.1. The molecule has 0 aliphatic rings. The Morgan fingerprint density at radius 2 is 1.89 bits per heavy atom. The summed E-state index contributed by atoms with van der Waals surface area (Å²) in [7, 11) is 7.18. The van der Waals surface area contributed by atoms with Crippen LogP contribution in [0.4, 0.5) is 11.6 Å². The lowest BCUT2D eigenvalue weighted by molar-refractivity contribution is 0.355. The van der Waals surface area contributed by atoms with Gasteiger partial charge in [-0.3, -0.25) is 0 Å². The summed E-state index contributed by atoms with van der Waals surface area (Å²) in [6.45, 7) is 0.749. The first-order valence-corrected chi connectivity index (χ1v) is 9.38. The molecule has 0 atom stereocenters. The van der Waals surface area contributed by atoms with Crippen LogP contribution < -0.4 is 19.7 Å². The van der Waals surface area contributed by atoms with E-state index in [1.807, 2.05) is 43.3 Å². The van der Waals surface area contributed by atoms with Crippen LogP contribution in [0, 0.1) is 0 Å². The molecular formula is C19H23N5O2S. The average Bonchev–Trinajstić information content (AvgIpc) is 3.16. The van der Waals surface area contributed by atoms with Crippen LogP contribution in [0.15, 0.2) is 36.0 Å². The number of anilines is 2. The molecule has 27 heavy (non-hydrogen) atoms. The second-order valence-corrected chi connectivity index (χ2v) is 6.90. The fourth-order valence-electron chi connectivity index (χ4n) is 2.53. The largest absolute Gasteiger partial charge is 0.493 e. The summed E-state index contributed by atoms with van der Waals surface area (Å²) in [6, 6.07) is 7.76. The van der Waals surface area contributed by atoms with E-state index in [0.29, 0.717) is 11.5 Å². The molecule has 0 saturated carbocycles. The van der Waals surface area contributed by atoms with E-state index in [9.17, 15) is 0 Å². The quantitative estimate of drug-likeness (QED) is 0.637.